The number of carbonyl (C=O) groups is 1. The Balaban J connectivity index is 2.55. The minimum absolute atomic E-state index is 0.0139. The maximum Gasteiger partial charge on any atom is 0.212 e. The molecule has 0 fully saturated rings. The van der Waals surface area contributed by atoms with Gasteiger partial charge < -0.3 is 0 Å². The predicted octanol–water partition coefficient (Wildman–Crippen LogP) is 3.97. The molecule has 0 atom stereocenters. The quantitative estimate of drug-likeness (QED) is 0.765. The number of rotatable bonds is 3. The van der Waals surface area contributed by atoms with Crippen LogP contribution in [0.2, 0.25) is 0 Å². The molecule has 0 unspecified atom stereocenters. The molecule has 0 amide bonds. The molecule has 1 heterocycles. The van der Waals surface area contributed by atoms with Crippen LogP contribution >= 0.6 is 31.9 Å². The van der Waals surface area contributed by atoms with Crippen LogP contribution in [0.1, 0.15) is 28.5 Å². The molecule has 1 aromatic heterocycles. The molecule has 0 saturated heterocycles. The average molecular weight is 372 g/mol. The van der Waals surface area contributed by atoms with Gasteiger partial charge in [-0.2, -0.15) is 5.10 Å². The van der Waals surface area contributed by atoms with Crippen LogP contribution in [-0.2, 0) is 6.54 Å². The molecule has 0 bridgehead atoms. The lowest BCUT2D eigenvalue weighted by Crippen LogP contribution is -2.12. The number of aryl methyl sites for hydroxylation is 1. The summed E-state index contributed by atoms with van der Waals surface area (Å²) in [6.07, 6.45) is 1.66. The second-order valence-electron chi connectivity index (χ2n) is 3.90. The van der Waals surface area contributed by atoms with Gasteiger partial charge in [0.15, 0.2) is 0 Å². The van der Waals surface area contributed by atoms with Crippen molar-refractivity contribution in [2.45, 2.75) is 20.4 Å². The Morgan fingerprint density at radius 1 is 1.33 bits per heavy atom. The van der Waals surface area contributed by atoms with E-state index in [1.54, 1.807) is 10.9 Å². The molecule has 2 rings (SSSR count). The van der Waals surface area contributed by atoms with Gasteiger partial charge in [-0.15, -0.1) is 0 Å². The number of aromatic nitrogens is 2. The molecule has 0 spiro atoms. The third-order valence-corrected chi connectivity index (χ3v) is 4.26. The molecule has 5 heteroatoms. The second-order valence-corrected chi connectivity index (χ2v) is 5.61. The highest BCUT2D eigenvalue weighted by atomic mass is 79.9. The van der Waals surface area contributed by atoms with E-state index in [0.29, 0.717) is 17.8 Å². The highest BCUT2D eigenvalue weighted by Gasteiger charge is 2.20. The first-order chi connectivity index (χ1) is 8.56. The predicted molar refractivity (Wildman–Crippen MR) is 77.9 cm³/mol. The van der Waals surface area contributed by atoms with Gasteiger partial charge >= 0.3 is 0 Å². The number of carbonyl (C=O) groups excluding carboxylic acids is 1. The summed E-state index contributed by atoms with van der Waals surface area (Å²) < 4.78 is 3.37. The Kier molecular flexibility index (Phi) is 4.02. The maximum absolute atomic E-state index is 12.6. The minimum Gasteiger partial charge on any atom is -0.287 e. The summed E-state index contributed by atoms with van der Waals surface area (Å²) in [4.78, 5) is 12.6. The number of nitrogens with zero attached hydrogens (tertiary/aromatic N) is 2. The summed E-state index contributed by atoms with van der Waals surface area (Å²) in [5.74, 6) is -0.0139. The lowest BCUT2D eigenvalue weighted by atomic mass is 10.0. The van der Waals surface area contributed by atoms with Crippen LogP contribution in [0, 0.1) is 6.92 Å². The Labute approximate surface area is 122 Å². The molecule has 0 aliphatic heterocycles. The van der Waals surface area contributed by atoms with Gasteiger partial charge in [-0.1, -0.05) is 28.1 Å². The normalized spacial score (nSPS) is 10.7. The van der Waals surface area contributed by atoms with Gasteiger partial charge in [0.1, 0.15) is 5.69 Å². The zero-order valence-electron chi connectivity index (χ0n) is 10.1. The SMILES string of the molecule is CCn1ncc(Br)c1C(=O)c1cccc(Br)c1C. The first kappa shape index (κ1) is 13.5. The molecule has 3 nitrogen and oxygen atoms in total. The zero-order chi connectivity index (χ0) is 13.3. The molecule has 0 saturated carbocycles. The van der Waals surface area contributed by atoms with Gasteiger partial charge in [0, 0.05) is 16.6 Å². The van der Waals surface area contributed by atoms with Crippen molar-refractivity contribution in [1.29, 1.82) is 0 Å². The van der Waals surface area contributed by atoms with Crippen molar-refractivity contribution in [1.82, 2.24) is 9.78 Å². The maximum atomic E-state index is 12.6. The summed E-state index contributed by atoms with van der Waals surface area (Å²) in [6, 6.07) is 5.63. The number of hydrogen-bond donors (Lipinski definition) is 0. The van der Waals surface area contributed by atoms with Crippen LogP contribution in [0.3, 0.4) is 0 Å². The number of ketones is 1. The molecule has 94 valence electrons. The third kappa shape index (κ3) is 2.29. The molecular weight excluding hydrogens is 360 g/mol. The lowest BCUT2D eigenvalue weighted by molar-refractivity contribution is 0.102. The summed E-state index contributed by atoms with van der Waals surface area (Å²) in [5.41, 5.74) is 2.23. The van der Waals surface area contributed by atoms with E-state index in [4.69, 9.17) is 0 Å². The largest absolute Gasteiger partial charge is 0.287 e. The van der Waals surface area contributed by atoms with Crippen molar-refractivity contribution in [3.63, 3.8) is 0 Å². The molecule has 0 aliphatic rings. The second kappa shape index (κ2) is 5.36. The Morgan fingerprint density at radius 2 is 2.06 bits per heavy atom. The van der Waals surface area contributed by atoms with Gasteiger partial charge in [-0.05, 0) is 41.4 Å². The Bertz CT molecular complexity index is 605. The Hall–Kier alpha value is -0.940. The Morgan fingerprint density at radius 3 is 2.72 bits per heavy atom. The number of hydrogen-bond acceptors (Lipinski definition) is 2. The van der Waals surface area contributed by atoms with Crippen LogP contribution in [0.5, 0.6) is 0 Å². The van der Waals surface area contributed by atoms with E-state index < -0.39 is 0 Å². The molecule has 18 heavy (non-hydrogen) atoms. The van der Waals surface area contributed by atoms with Gasteiger partial charge in [-0.25, -0.2) is 0 Å². The van der Waals surface area contributed by atoms with Crippen LogP contribution in [0.4, 0.5) is 0 Å². The zero-order valence-corrected chi connectivity index (χ0v) is 13.2. The highest BCUT2D eigenvalue weighted by molar-refractivity contribution is 9.10. The lowest BCUT2D eigenvalue weighted by Gasteiger charge is -2.08. The van der Waals surface area contributed by atoms with Gasteiger partial charge in [-0.3, -0.25) is 9.48 Å². The monoisotopic (exact) mass is 370 g/mol. The van der Waals surface area contributed by atoms with Crippen LogP contribution in [-0.4, -0.2) is 15.6 Å². The average Bonchev–Trinajstić information content (AvgIpc) is 2.73. The first-order valence-electron chi connectivity index (χ1n) is 5.57. The van der Waals surface area contributed by atoms with Crippen molar-refractivity contribution in [2.24, 2.45) is 0 Å². The van der Waals surface area contributed by atoms with Crippen molar-refractivity contribution in [3.8, 4) is 0 Å². The summed E-state index contributed by atoms with van der Waals surface area (Å²) in [6.45, 7) is 4.56. The molecule has 0 N–H and O–H groups in total. The van der Waals surface area contributed by atoms with Gasteiger partial charge in [0.05, 0.1) is 10.7 Å². The fourth-order valence-corrected chi connectivity index (χ4v) is 2.65. The van der Waals surface area contributed by atoms with E-state index in [1.165, 1.54) is 0 Å². The topological polar surface area (TPSA) is 34.9 Å². The fourth-order valence-electron chi connectivity index (χ4n) is 1.81. The van der Waals surface area contributed by atoms with Crippen molar-refractivity contribution < 1.29 is 4.79 Å². The number of halogens is 2. The minimum atomic E-state index is -0.0139. The summed E-state index contributed by atoms with van der Waals surface area (Å²) in [5, 5.41) is 4.17. The van der Waals surface area contributed by atoms with E-state index in [0.717, 1.165) is 14.5 Å². The third-order valence-electron chi connectivity index (χ3n) is 2.82. The van der Waals surface area contributed by atoms with Gasteiger partial charge in [0.2, 0.25) is 5.78 Å². The van der Waals surface area contributed by atoms with E-state index in [1.807, 2.05) is 32.0 Å². The number of benzene rings is 1. The van der Waals surface area contributed by atoms with Crippen molar-refractivity contribution in [2.75, 3.05) is 0 Å². The van der Waals surface area contributed by atoms with E-state index in [-0.39, 0.29) is 5.78 Å². The molecule has 0 radical (unpaired) electrons. The first-order valence-corrected chi connectivity index (χ1v) is 7.16. The smallest absolute Gasteiger partial charge is 0.212 e. The molecule has 2 aromatic rings. The van der Waals surface area contributed by atoms with Crippen LogP contribution in [0.15, 0.2) is 33.3 Å². The van der Waals surface area contributed by atoms with Gasteiger partial charge in [0.25, 0.3) is 0 Å². The summed E-state index contributed by atoms with van der Waals surface area (Å²) >= 11 is 6.83. The van der Waals surface area contributed by atoms with E-state index in [9.17, 15) is 4.79 Å². The van der Waals surface area contributed by atoms with Crippen LogP contribution in [0.25, 0.3) is 0 Å². The molecule has 0 aliphatic carbocycles. The highest BCUT2D eigenvalue weighted by Crippen LogP contribution is 2.25. The van der Waals surface area contributed by atoms with Crippen LogP contribution < -0.4 is 0 Å². The van der Waals surface area contributed by atoms with Crippen molar-refractivity contribution >= 4 is 37.6 Å². The van der Waals surface area contributed by atoms with Crippen molar-refractivity contribution in [3.05, 3.63) is 50.2 Å². The van der Waals surface area contributed by atoms with E-state index in [2.05, 4.69) is 37.0 Å². The fraction of sp³-hybridized carbons (Fsp3) is 0.231. The summed E-state index contributed by atoms with van der Waals surface area (Å²) in [7, 11) is 0. The standard InChI is InChI=1S/C13H12Br2N2O/c1-3-17-12(11(15)7-16-17)13(18)9-5-4-6-10(14)8(9)2/h4-7H,3H2,1-2H3. The van der Waals surface area contributed by atoms with E-state index >= 15 is 0 Å². The molecular formula is C13H12Br2N2O. The molecule has 1 aromatic carbocycles.